The van der Waals surface area contributed by atoms with Crippen molar-refractivity contribution in [3.8, 4) is 33.4 Å². The lowest BCUT2D eigenvalue weighted by atomic mass is 9.84. The zero-order valence-electron chi connectivity index (χ0n) is 24.2. The molecule has 204 valence electrons. The van der Waals surface area contributed by atoms with E-state index < -0.39 is 0 Å². The van der Waals surface area contributed by atoms with E-state index in [9.17, 15) is 0 Å². The topological polar surface area (TPSA) is 0 Å². The van der Waals surface area contributed by atoms with Crippen LogP contribution in [0.5, 0.6) is 0 Å². The molecule has 0 atom stereocenters. The van der Waals surface area contributed by atoms with E-state index in [2.05, 4.69) is 170 Å². The number of hydrogen-bond donors (Lipinski definition) is 0. The molecule has 0 saturated carbocycles. The van der Waals surface area contributed by atoms with Gasteiger partial charge >= 0.3 is 0 Å². The summed E-state index contributed by atoms with van der Waals surface area (Å²) in [5, 5.41) is 12.7. The monoisotopic (exact) mass is 556 g/mol. The maximum Gasteiger partial charge on any atom is -0.00259 e. The Kier molecular flexibility index (Phi) is 5.61. The highest BCUT2D eigenvalue weighted by atomic mass is 14.2. The average molecular weight is 557 g/mol. The van der Waals surface area contributed by atoms with Gasteiger partial charge in [0.2, 0.25) is 0 Å². The quantitative estimate of drug-likeness (QED) is 0.150. The molecule has 0 saturated heterocycles. The Morgan fingerprint density at radius 2 is 0.750 bits per heavy atom. The van der Waals surface area contributed by atoms with Crippen molar-refractivity contribution in [1.82, 2.24) is 0 Å². The zero-order valence-corrected chi connectivity index (χ0v) is 24.2. The van der Waals surface area contributed by atoms with E-state index in [-0.39, 0.29) is 0 Å². The van der Waals surface area contributed by atoms with Gasteiger partial charge in [-0.3, -0.25) is 0 Å². The molecule has 0 aromatic heterocycles. The van der Waals surface area contributed by atoms with Crippen molar-refractivity contribution >= 4 is 53.9 Å². The first-order chi connectivity index (χ1) is 21.8. The highest BCUT2D eigenvalue weighted by Gasteiger charge is 2.18. The number of fused-ring (bicyclic) bond motifs is 6. The van der Waals surface area contributed by atoms with Gasteiger partial charge in [0.15, 0.2) is 0 Å². The summed E-state index contributed by atoms with van der Waals surface area (Å²) >= 11 is 0. The van der Waals surface area contributed by atoms with Crippen LogP contribution in [0.4, 0.5) is 0 Å². The second-order valence-electron chi connectivity index (χ2n) is 11.7. The van der Waals surface area contributed by atoms with Crippen LogP contribution in [0.3, 0.4) is 0 Å². The van der Waals surface area contributed by atoms with Gasteiger partial charge in [-0.25, -0.2) is 0 Å². The molecule has 0 heterocycles. The third-order valence-corrected chi connectivity index (χ3v) is 9.22. The van der Waals surface area contributed by atoms with Crippen molar-refractivity contribution in [2.24, 2.45) is 0 Å². The molecule has 9 aromatic carbocycles. The summed E-state index contributed by atoms with van der Waals surface area (Å²) in [7, 11) is 0. The molecule has 0 radical (unpaired) electrons. The first kappa shape index (κ1) is 24.8. The lowest BCUT2D eigenvalue weighted by Crippen LogP contribution is -1.92. The fraction of sp³-hybridized carbons (Fsp3) is 0. The van der Waals surface area contributed by atoms with Crippen LogP contribution in [-0.4, -0.2) is 0 Å². The lowest BCUT2D eigenvalue weighted by Gasteiger charge is -2.19. The summed E-state index contributed by atoms with van der Waals surface area (Å²) in [6.07, 6.45) is 0. The van der Waals surface area contributed by atoms with Gasteiger partial charge in [0.25, 0.3) is 0 Å². The number of hydrogen-bond acceptors (Lipinski definition) is 0. The molecular formula is C44H28. The molecule has 0 aliphatic rings. The lowest BCUT2D eigenvalue weighted by molar-refractivity contribution is 1.65. The van der Waals surface area contributed by atoms with Gasteiger partial charge < -0.3 is 0 Å². The SMILES string of the molecule is c1ccc(-c2c3ccccc3c(-c3ccc4c(ccc5ccccc54)c3)c3cc(-c4cccc5ccccc45)ccc23)cc1. The van der Waals surface area contributed by atoms with Crippen molar-refractivity contribution in [1.29, 1.82) is 0 Å². The van der Waals surface area contributed by atoms with Crippen LogP contribution in [0.2, 0.25) is 0 Å². The Hall–Kier alpha value is -5.72. The third kappa shape index (κ3) is 3.85. The molecule has 0 bridgehead atoms. The molecular weight excluding hydrogens is 528 g/mol. The smallest absolute Gasteiger partial charge is 0.00259 e. The molecule has 9 rings (SSSR count). The van der Waals surface area contributed by atoms with E-state index in [0.29, 0.717) is 0 Å². The minimum atomic E-state index is 1.23. The van der Waals surface area contributed by atoms with Crippen LogP contribution in [0.15, 0.2) is 170 Å². The predicted molar refractivity (Wildman–Crippen MR) is 190 cm³/mol. The van der Waals surface area contributed by atoms with Gasteiger partial charge in [-0.15, -0.1) is 0 Å². The first-order valence-electron chi connectivity index (χ1n) is 15.3. The van der Waals surface area contributed by atoms with Crippen LogP contribution >= 0.6 is 0 Å². The number of rotatable bonds is 3. The molecule has 0 N–H and O–H groups in total. The van der Waals surface area contributed by atoms with E-state index in [1.165, 1.54) is 87.2 Å². The summed E-state index contributed by atoms with van der Waals surface area (Å²) in [5.41, 5.74) is 7.54. The predicted octanol–water partition coefficient (Wildman–Crippen LogP) is 12.5. The molecule has 0 spiro atoms. The van der Waals surface area contributed by atoms with Gasteiger partial charge in [-0.1, -0.05) is 158 Å². The van der Waals surface area contributed by atoms with Gasteiger partial charge in [-0.05, 0) is 99.4 Å². The highest BCUT2D eigenvalue weighted by Crippen LogP contribution is 2.46. The van der Waals surface area contributed by atoms with E-state index in [0.717, 1.165) is 0 Å². The molecule has 0 aliphatic heterocycles. The summed E-state index contributed by atoms with van der Waals surface area (Å²) in [4.78, 5) is 0. The maximum atomic E-state index is 2.43. The Morgan fingerprint density at radius 3 is 1.55 bits per heavy atom. The van der Waals surface area contributed by atoms with Crippen molar-refractivity contribution in [3.63, 3.8) is 0 Å². The van der Waals surface area contributed by atoms with E-state index in [4.69, 9.17) is 0 Å². The van der Waals surface area contributed by atoms with Crippen LogP contribution in [0, 0.1) is 0 Å². The fourth-order valence-electron chi connectivity index (χ4n) is 7.22. The van der Waals surface area contributed by atoms with Gasteiger partial charge in [0.05, 0.1) is 0 Å². The Bertz CT molecular complexity index is 2530. The highest BCUT2D eigenvalue weighted by molar-refractivity contribution is 6.23. The van der Waals surface area contributed by atoms with Gasteiger partial charge in [0.1, 0.15) is 0 Å². The summed E-state index contributed by atoms with van der Waals surface area (Å²) in [6.45, 7) is 0. The molecule has 0 unspecified atom stereocenters. The van der Waals surface area contributed by atoms with Crippen LogP contribution in [-0.2, 0) is 0 Å². The molecule has 44 heavy (non-hydrogen) atoms. The van der Waals surface area contributed by atoms with Crippen LogP contribution < -0.4 is 0 Å². The third-order valence-electron chi connectivity index (χ3n) is 9.22. The van der Waals surface area contributed by atoms with Crippen molar-refractivity contribution < 1.29 is 0 Å². The maximum absolute atomic E-state index is 2.43. The summed E-state index contributed by atoms with van der Waals surface area (Å²) in [5.74, 6) is 0. The Morgan fingerprint density at radius 1 is 0.227 bits per heavy atom. The minimum absolute atomic E-state index is 1.23. The van der Waals surface area contributed by atoms with E-state index in [1.807, 2.05) is 0 Å². The van der Waals surface area contributed by atoms with E-state index in [1.54, 1.807) is 0 Å². The van der Waals surface area contributed by atoms with Gasteiger partial charge in [-0.2, -0.15) is 0 Å². The Balaban J connectivity index is 1.41. The van der Waals surface area contributed by atoms with Crippen molar-refractivity contribution in [2.45, 2.75) is 0 Å². The van der Waals surface area contributed by atoms with Crippen LogP contribution in [0.25, 0.3) is 87.2 Å². The molecule has 0 heteroatoms. The van der Waals surface area contributed by atoms with E-state index >= 15 is 0 Å². The summed E-state index contributed by atoms with van der Waals surface area (Å²) in [6, 6.07) is 62.4. The largest absolute Gasteiger partial charge is 0.0622 e. The van der Waals surface area contributed by atoms with Crippen molar-refractivity contribution in [2.75, 3.05) is 0 Å². The number of benzene rings is 9. The first-order valence-corrected chi connectivity index (χ1v) is 15.3. The second-order valence-corrected chi connectivity index (χ2v) is 11.7. The molecule has 0 aliphatic carbocycles. The van der Waals surface area contributed by atoms with Gasteiger partial charge in [0, 0.05) is 0 Å². The molecule has 0 amide bonds. The fourth-order valence-corrected chi connectivity index (χ4v) is 7.22. The Labute approximate surface area is 256 Å². The summed E-state index contributed by atoms with van der Waals surface area (Å²) < 4.78 is 0. The molecule has 9 aromatic rings. The van der Waals surface area contributed by atoms with Crippen LogP contribution in [0.1, 0.15) is 0 Å². The molecule has 0 fully saturated rings. The second kappa shape index (κ2) is 9.93. The average Bonchev–Trinajstić information content (AvgIpc) is 3.10. The zero-order chi connectivity index (χ0) is 29.0. The molecule has 0 nitrogen and oxygen atoms in total. The minimum Gasteiger partial charge on any atom is -0.0622 e. The standard InChI is InChI=1S/C44H28/c1-2-13-31(14-3-1)43-39-18-8-9-19-40(39)44(34-24-25-38-32(27-34)22-21-30-12-5-7-17-36(30)38)42-28-33(23-26-41(42)43)37-20-10-15-29-11-4-6-16-35(29)37/h1-28H. The van der Waals surface area contributed by atoms with Crippen molar-refractivity contribution in [3.05, 3.63) is 170 Å². The normalized spacial score (nSPS) is 11.6.